The van der Waals surface area contributed by atoms with Crippen molar-refractivity contribution in [1.82, 2.24) is 0 Å². The van der Waals surface area contributed by atoms with Crippen LogP contribution in [0.1, 0.15) is 25.3 Å². The number of rotatable bonds is 5. The molecule has 0 saturated heterocycles. The molecule has 1 N–H and O–H groups in total. The van der Waals surface area contributed by atoms with Crippen molar-refractivity contribution in [1.29, 1.82) is 0 Å². The Bertz CT molecular complexity index is 1180. The number of aliphatic carboxylic acids is 1. The van der Waals surface area contributed by atoms with Gasteiger partial charge in [0.15, 0.2) is 0 Å². The van der Waals surface area contributed by atoms with Crippen LogP contribution in [-0.4, -0.2) is 11.1 Å². The van der Waals surface area contributed by atoms with Crippen molar-refractivity contribution in [2.75, 3.05) is 0 Å². The second-order valence-electron chi connectivity index (χ2n) is 7.14. The molecular formula is C25H22O2. The molecule has 0 aromatic heterocycles. The molecule has 0 aliphatic heterocycles. The summed E-state index contributed by atoms with van der Waals surface area (Å²) in [7, 11) is 0. The van der Waals surface area contributed by atoms with Gasteiger partial charge in [0.2, 0.25) is 0 Å². The number of carboxylic acid groups (broad SMARTS) is 1. The lowest BCUT2D eigenvalue weighted by Crippen LogP contribution is -2.16. The molecule has 0 bridgehead atoms. The molecule has 0 atom stereocenters. The Morgan fingerprint density at radius 3 is 2.48 bits per heavy atom. The van der Waals surface area contributed by atoms with E-state index in [9.17, 15) is 4.79 Å². The maximum absolute atomic E-state index is 11.0. The van der Waals surface area contributed by atoms with Gasteiger partial charge in [-0.25, -0.2) is 0 Å². The summed E-state index contributed by atoms with van der Waals surface area (Å²) in [6.45, 7) is 5.83. The molecular weight excluding hydrogens is 332 g/mol. The molecule has 2 heteroatoms. The van der Waals surface area contributed by atoms with Crippen LogP contribution in [-0.2, 0) is 11.2 Å². The van der Waals surface area contributed by atoms with Crippen LogP contribution in [0.3, 0.4) is 0 Å². The van der Waals surface area contributed by atoms with E-state index in [4.69, 9.17) is 5.11 Å². The van der Waals surface area contributed by atoms with Gasteiger partial charge in [-0.2, -0.15) is 0 Å². The number of carboxylic acids is 1. The first-order valence-corrected chi connectivity index (χ1v) is 9.26. The molecule has 27 heavy (non-hydrogen) atoms. The highest BCUT2D eigenvalue weighted by Gasteiger charge is 2.16. The summed E-state index contributed by atoms with van der Waals surface area (Å²) in [6, 6.07) is 15.4. The second-order valence-corrected chi connectivity index (χ2v) is 7.14. The summed E-state index contributed by atoms with van der Waals surface area (Å²) < 4.78 is 0. The van der Waals surface area contributed by atoms with Gasteiger partial charge in [-0.15, -0.1) is 0 Å². The minimum absolute atomic E-state index is 0.00405. The first kappa shape index (κ1) is 17.3. The van der Waals surface area contributed by atoms with Crippen LogP contribution in [0.25, 0.3) is 27.1 Å². The molecule has 0 unspecified atom stereocenters. The van der Waals surface area contributed by atoms with Crippen LogP contribution in [0, 0.1) is 0 Å². The fourth-order valence-electron chi connectivity index (χ4n) is 4.12. The molecule has 2 nitrogen and oxygen atoms in total. The van der Waals surface area contributed by atoms with Crippen LogP contribution in [0.5, 0.6) is 0 Å². The molecule has 3 aromatic carbocycles. The highest BCUT2D eigenvalue weighted by molar-refractivity contribution is 6.12. The summed E-state index contributed by atoms with van der Waals surface area (Å²) in [5, 5.41) is 15.6. The van der Waals surface area contributed by atoms with Gasteiger partial charge >= 0.3 is 5.97 Å². The Kier molecular flexibility index (Phi) is 4.41. The average molecular weight is 354 g/mol. The number of benzene rings is 3. The predicted octanol–water partition coefficient (Wildman–Crippen LogP) is 5.34. The van der Waals surface area contributed by atoms with E-state index in [1.165, 1.54) is 43.5 Å². The van der Waals surface area contributed by atoms with Crippen molar-refractivity contribution in [2.24, 2.45) is 0 Å². The Labute approximate surface area is 158 Å². The van der Waals surface area contributed by atoms with E-state index in [1.54, 1.807) is 6.08 Å². The zero-order valence-electron chi connectivity index (χ0n) is 15.5. The third-order valence-electron chi connectivity index (χ3n) is 5.47. The molecule has 3 aromatic rings. The summed E-state index contributed by atoms with van der Waals surface area (Å²) in [5.74, 6) is -0.838. The molecule has 0 spiro atoms. The maximum Gasteiger partial charge on any atom is 0.307 e. The summed E-state index contributed by atoms with van der Waals surface area (Å²) in [5.41, 5.74) is 4.66. The van der Waals surface area contributed by atoms with E-state index in [1.807, 2.05) is 12.2 Å². The Morgan fingerprint density at radius 1 is 1.04 bits per heavy atom. The molecule has 0 heterocycles. The van der Waals surface area contributed by atoms with Crippen molar-refractivity contribution < 1.29 is 9.90 Å². The summed E-state index contributed by atoms with van der Waals surface area (Å²) >= 11 is 0. The number of carbonyl (C=O) groups is 1. The lowest BCUT2D eigenvalue weighted by molar-refractivity contribution is -0.136. The third-order valence-corrected chi connectivity index (χ3v) is 5.47. The van der Waals surface area contributed by atoms with Crippen LogP contribution in [0.2, 0.25) is 0 Å². The fraction of sp³-hybridized carbons (Fsp3) is 0.160. The minimum atomic E-state index is -0.838. The molecule has 0 saturated carbocycles. The van der Waals surface area contributed by atoms with Crippen molar-refractivity contribution >= 4 is 33.1 Å². The van der Waals surface area contributed by atoms with E-state index < -0.39 is 5.97 Å². The Balaban J connectivity index is 1.93. The van der Waals surface area contributed by atoms with Crippen molar-refractivity contribution in [3.63, 3.8) is 0 Å². The van der Waals surface area contributed by atoms with Gasteiger partial charge in [0.25, 0.3) is 0 Å². The monoisotopic (exact) mass is 354 g/mol. The van der Waals surface area contributed by atoms with E-state index in [0.29, 0.717) is 0 Å². The third kappa shape index (κ3) is 3.08. The molecule has 0 amide bonds. The molecule has 0 radical (unpaired) electrons. The number of hydrogen-bond acceptors (Lipinski definition) is 1. The van der Waals surface area contributed by atoms with Crippen molar-refractivity contribution in [3.05, 3.63) is 89.2 Å². The number of hydrogen-bond donors (Lipinski definition) is 1. The summed E-state index contributed by atoms with van der Waals surface area (Å²) in [6.07, 6.45) is 7.55. The van der Waals surface area contributed by atoms with E-state index in [2.05, 4.69) is 56.0 Å². The SMILES string of the molecule is C=C/C(=C\C=C(/C)C1=c2ccc3cccc4ccc(c2c43)CC1)CC(=O)O. The normalized spacial score (nSPS) is 14.8. The van der Waals surface area contributed by atoms with Crippen molar-refractivity contribution in [2.45, 2.75) is 26.2 Å². The topological polar surface area (TPSA) is 37.3 Å². The quantitative estimate of drug-likeness (QED) is 0.628. The van der Waals surface area contributed by atoms with Gasteiger partial charge in [-0.05, 0) is 68.8 Å². The minimum Gasteiger partial charge on any atom is -0.481 e. The largest absolute Gasteiger partial charge is 0.481 e. The first-order chi connectivity index (χ1) is 13.1. The van der Waals surface area contributed by atoms with Gasteiger partial charge in [0.1, 0.15) is 0 Å². The van der Waals surface area contributed by atoms with Crippen LogP contribution >= 0.6 is 0 Å². The predicted molar refractivity (Wildman–Crippen MR) is 113 cm³/mol. The fourth-order valence-corrected chi connectivity index (χ4v) is 4.12. The average Bonchev–Trinajstić information content (AvgIpc) is 2.68. The van der Waals surface area contributed by atoms with Gasteiger partial charge in [-0.3, -0.25) is 4.79 Å². The smallest absolute Gasteiger partial charge is 0.307 e. The van der Waals surface area contributed by atoms with Crippen LogP contribution in [0.4, 0.5) is 0 Å². The van der Waals surface area contributed by atoms with Gasteiger partial charge in [0.05, 0.1) is 6.42 Å². The standard InChI is InChI=1S/C25H22O2/c1-3-17(15-23(26)27)8-7-16(2)21-13-11-20-10-9-18-5-4-6-19-12-14-22(21)25(20)24(18)19/h3-10,12,14H,1,11,13,15H2,2H3,(H,26,27)/b16-7+,17-8+. The lowest BCUT2D eigenvalue weighted by atomic mass is 9.84. The first-order valence-electron chi connectivity index (χ1n) is 9.26. The highest BCUT2D eigenvalue weighted by atomic mass is 16.4. The van der Waals surface area contributed by atoms with E-state index >= 15 is 0 Å². The molecule has 4 rings (SSSR count). The van der Waals surface area contributed by atoms with Crippen LogP contribution in [0.15, 0.2) is 78.4 Å². The molecule has 1 aliphatic carbocycles. The Hall–Kier alpha value is -3.13. The Morgan fingerprint density at radius 2 is 1.78 bits per heavy atom. The molecule has 1 aliphatic rings. The van der Waals surface area contributed by atoms with Crippen molar-refractivity contribution in [3.8, 4) is 0 Å². The van der Waals surface area contributed by atoms with E-state index in [0.717, 1.165) is 18.4 Å². The van der Waals surface area contributed by atoms with Gasteiger partial charge in [-0.1, -0.05) is 67.3 Å². The highest BCUT2D eigenvalue weighted by Crippen LogP contribution is 2.32. The molecule has 0 fully saturated rings. The molecule has 134 valence electrons. The maximum atomic E-state index is 11.0. The number of allylic oxidation sites excluding steroid dienone is 4. The van der Waals surface area contributed by atoms with Crippen LogP contribution < -0.4 is 5.22 Å². The second kappa shape index (κ2) is 6.88. The van der Waals surface area contributed by atoms with Gasteiger partial charge < -0.3 is 5.11 Å². The zero-order chi connectivity index (χ0) is 19.0. The summed E-state index contributed by atoms with van der Waals surface area (Å²) in [4.78, 5) is 11.0. The number of aryl methyl sites for hydroxylation is 1. The van der Waals surface area contributed by atoms with E-state index in [-0.39, 0.29) is 6.42 Å². The zero-order valence-corrected chi connectivity index (χ0v) is 15.5. The van der Waals surface area contributed by atoms with Gasteiger partial charge in [0, 0.05) is 0 Å². The lowest BCUT2D eigenvalue weighted by Gasteiger charge is -2.20.